The molecule has 0 N–H and O–H groups in total. The lowest BCUT2D eigenvalue weighted by Crippen LogP contribution is -2.52. The smallest absolute Gasteiger partial charge is 0.213 e. The van der Waals surface area contributed by atoms with Crippen molar-refractivity contribution in [1.82, 2.24) is 15.0 Å². The number of thiazole rings is 1. The van der Waals surface area contributed by atoms with E-state index in [0.717, 1.165) is 16.4 Å². The lowest BCUT2D eigenvalue weighted by molar-refractivity contribution is -0.747. The van der Waals surface area contributed by atoms with Crippen LogP contribution in [0.2, 0.25) is 0 Å². The van der Waals surface area contributed by atoms with Crippen molar-refractivity contribution in [2.45, 2.75) is 58.4 Å². The summed E-state index contributed by atoms with van der Waals surface area (Å²) in [6, 6.07) is 4.35. The third kappa shape index (κ3) is 3.40. The van der Waals surface area contributed by atoms with Crippen molar-refractivity contribution in [2.75, 3.05) is 0 Å². The molecular formula is C21H27N4S+. The number of hydrogen-bond donors (Lipinski definition) is 0. The van der Waals surface area contributed by atoms with Crippen LogP contribution in [0.1, 0.15) is 69.4 Å². The van der Waals surface area contributed by atoms with E-state index in [9.17, 15) is 0 Å². The molecule has 0 saturated heterocycles. The summed E-state index contributed by atoms with van der Waals surface area (Å²) in [4.78, 5) is 13.8. The van der Waals surface area contributed by atoms with Gasteiger partial charge in [0.05, 0.1) is 11.4 Å². The van der Waals surface area contributed by atoms with Crippen molar-refractivity contribution < 1.29 is 4.57 Å². The van der Waals surface area contributed by atoms with Gasteiger partial charge in [-0.25, -0.2) is 4.98 Å². The Bertz CT molecular complexity index is 848. The van der Waals surface area contributed by atoms with E-state index in [4.69, 9.17) is 0 Å². The highest BCUT2D eigenvalue weighted by Gasteiger charge is 2.34. The minimum Gasteiger partial charge on any atom is -0.257 e. The van der Waals surface area contributed by atoms with Crippen LogP contribution in [0.15, 0.2) is 48.5 Å². The van der Waals surface area contributed by atoms with E-state index in [1.807, 2.05) is 24.0 Å². The van der Waals surface area contributed by atoms with Gasteiger partial charge in [0.15, 0.2) is 17.4 Å². The molecule has 0 atom stereocenters. The second kappa shape index (κ2) is 6.88. The molecule has 0 aromatic carbocycles. The van der Waals surface area contributed by atoms with E-state index in [0.29, 0.717) is 5.92 Å². The number of hydrogen-bond acceptors (Lipinski definition) is 4. The Hall–Kier alpha value is -2.14. The third-order valence-electron chi connectivity index (χ3n) is 5.06. The zero-order chi connectivity index (χ0) is 18.9. The molecule has 0 fully saturated rings. The molecule has 3 rings (SSSR count). The maximum atomic E-state index is 4.68. The van der Waals surface area contributed by atoms with Gasteiger partial charge in [0.2, 0.25) is 5.54 Å². The summed E-state index contributed by atoms with van der Waals surface area (Å²) < 4.78 is 2.21. The Morgan fingerprint density at radius 2 is 1.65 bits per heavy atom. The summed E-state index contributed by atoms with van der Waals surface area (Å²) in [6.45, 7) is 13.0. The molecule has 0 radical (unpaired) electrons. The fraction of sp³-hybridized carbons (Fsp3) is 0.429. The minimum atomic E-state index is -0.201. The molecule has 0 bridgehead atoms. The zero-order valence-corrected chi connectivity index (χ0v) is 17.2. The fourth-order valence-corrected chi connectivity index (χ4v) is 3.72. The molecule has 0 amide bonds. The van der Waals surface area contributed by atoms with Crippen LogP contribution in [0.25, 0.3) is 0 Å². The van der Waals surface area contributed by atoms with Crippen LogP contribution in [0, 0.1) is 0 Å². The van der Waals surface area contributed by atoms with E-state index < -0.39 is 0 Å². The highest BCUT2D eigenvalue weighted by Crippen LogP contribution is 2.30. The van der Waals surface area contributed by atoms with Gasteiger partial charge >= 0.3 is 0 Å². The molecule has 136 valence electrons. The van der Waals surface area contributed by atoms with Crippen LogP contribution in [0.4, 0.5) is 0 Å². The van der Waals surface area contributed by atoms with E-state index in [1.54, 1.807) is 11.3 Å². The maximum Gasteiger partial charge on any atom is 0.213 e. The molecule has 0 unspecified atom stereocenters. The predicted molar refractivity (Wildman–Crippen MR) is 105 cm³/mol. The monoisotopic (exact) mass is 367 g/mol. The van der Waals surface area contributed by atoms with Crippen LogP contribution in [0.3, 0.4) is 0 Å². The van der Waals surface area contributed by atoms with Crippen LogP contribution in [-0.4, -0.2) is 15.0 Å². The van der Waals surface area contributed by atoms with Gasteiger partial charge in [0.1, 0.15) is 0 Å². The van der Waals surface area contributed by atoms with Crippen molar-refractivity contribution in [2.24, 2.45) is 0 Å². The van der Waals surface area contributed by atoms with Gasteiger partial charge in [-0.3, -0.25) is 9.97 Å². The first-order valence-corrected chi connectivity index (χ1v) is 9.85. The Morgan fingerprint density at radius 3 is 2.15 bits per heavy atom. The zero-order valence-electron chi connectivity index (χ0n) is 16.4. The fourth-order valence-electron chi connectivity index (χ4n) is 2.96. The largest absolute Gasteiger partial charge is 0.257 e. The molecule has 0 aliphatic rings. The van der Waals surface area contributed by atoms with Crippen molar-refractivity contribution in [3.8, 4) is 0 Å². The molecule has 4 nitrogen and oxygen atoms in total. The second-order valence-electron chi connectivity index (χ2n) is 8.00. The molecule has 0 aliphatic heterocycles. The Kier molecular flexibility index (Phi) is 4.93. The maximum absolute atomic E-state index is 4.68. The van der Waals surface area contributed by atoms with E-state index >= 15 is 0 Å². The minimum absolute atomic E-state index is 0.171. The van der Waals surface area contributed by atoms with E-state index in [2.05, 4.69) is 85.6 Å². The molecule has 0 spiro atoms. The first kappa shape index (κ1) is 18.6. The summed E-state index contributed by atoms with van der Waals surface area (Å²) >= 11 is 1.68. The lowest BCUT2D eigenvalue weighted by Gasteiger charge is -2.25. The van der Waals surface area contributed by atoms with Crippen LogP contribution in [-0.2, 0) is 11.0 Å². The lowest BCUT2D eigenvalue weighted by atomic mass is 9.82. The summed E-state index contributed by atoms with van der Waals surface area (Å²) in [5.41, 5.74) is 2.86. The molecule has 3 aromatic rings. The van der Waals surface area contributed by atoms with Gasteiger partial charge in [-0.1, -0.05) is 27.7 Å². The molecule has 5 heteroatoms. The standard InChI is InChI=1S/C21H27N4S/c1-15(2)17-13-24-18(14-23-17)20(3,4)16-7-10-25(11-8-16)21(5,6)19-22-9-12-26-19/h7-15H,1-6H3/q+1. The summed E-state index contributed by atoms with van der Waals surface area (Å²) in [5, 5.41) is 3.12. The molecule has 0 aliphatic carbocycles. The molecule has 3 heterocycles. The van der Waals surface area contributed by atoms with Crippen LogP contribution < -0.4 is 4.57 Å². The van der Waals surface area contributed by atoms with Gasteiger partial charge in [0.25, 0.3) is 0 Å². The number of rotatable bonds is 5. The molecule has 0 saturated carbocycles. The van der Waals surface area contributed by atoms with Gasteiger partial charge in [-0.05, 0) is 11.5 Å². The first-order chi connectivity index (χ1) is 12.2. The summed E-state index contributed by atoms with van der Waals surface area (Å²) in [7, 11) is 0. The number of aromatic nitrogens is 4. The third-order valence-corrected chi connectivity index (χ3v) is 6.14. The quantitative estimate of drug-likeness (QED) is 0.626. The van der Waals surface area contributed by atoms with Crippen LogP contribution >= 0.6 is 11.3 Å². The number of pyridine rings is 1. The molecule has 3 aromatic heterocycles. The first-order valence-electron chi connectivity index (χ1n) is 8.97. The highest BCUT2D eigenvalue weighted by molar-refractivity contribution is 7.09. The predicted octanol–water partition coefficient (Wildman–Crippen LogP) is 4.45. The Morgan fingerprint density at radius 1 is 0.962 bits per heavy atom. The average Bonchev–Trinajstić information content (AvgIpc) is 3.17. The van der Waals surface area contributed by atoms with Gasteiger partial charge in [-0.2, -0.15) is 4.57 Å². The Balaban J connectivity index is 1.89. The highest BCUT2D eigenvalue weighted by atomic mass is 32.1. The molecular weight excluding hydrogens is 340 g/mol. The van der Waals surface area contributed by atoms with Crippen molar-refractivity contribution >= 4 is 11.3 Å². The van der Waals surface area contributed by atoms with Gasteiger partial charge < -0.3 is 0 Å². The van der Waals surface area contributed by atoms with Crippen LogP contribution in [0.5, 0.6) is 0 Å². The summed E-state index contributed by atoms with van der Waals surface area (Å²) in [6.07, 6.45) is 9.94. The second-order valence-corrected chi connectivity index (χ2v) is 8.89. The summed E-state index contributed by atoms with van der Waals surface area (Å²) in [5.74, 6) is 0.392. The van der Waals surface area contributed by atoms with Crippen molar-refractivity contribution in [1.29, 1.82) is 0 Å². The van der Waals surface area contributed by atoms with Crippen molar-refractivity contribution in [3.05, 3.63) is 70.5 Å². The van der Waals surface area contributed by atoms with Crippen molar-refractivity contribution in [3.63, 3.8) is 0 Å². The average molecular weight is 368 g/mol. The van der Waals surface area contributed by atoms with E-state index in [1.165, 1.54) is 5.56 Å². The molecule has 26 heavy (non-hydrogen) atoms. The topological polar surface area (TPSA) is 42.5 Å². The normalized spacial score (nSPS) is 12.6. The SMILES string of the molecule is CC(C)c1cnc(C(C)(C)c2cc[n+](C(C)(C)c3nccs3)cc2)cn1. The number of nitrogens with zero attached hydrogens (tertiary/aromatic N) is 4. The van der Waals surface area contributed by atoms with Gasteiger partial charge in [-0.15, -0.1) is 11.3 Å². The Labute approximate surface area is 160 Å². The van der Waals surface area contributed by atoms with Gasteiger partial charge in [0, 0.05) is 55.4 Å². The van der Waals surface area contributed by atoms with E-state index in [-0.39, 0.29) is 11.0 Å².